The Hall–Kier alpha value is -2.63. The summed E-state index contributed by atoms with van der Waals surface area (Å²) in [4.78, 5) is 26.0. The SMILES string of the molecule is Cn1nc2c(c1CCCN1C(=O)c3ccccc3C1=O)NCC2. The van der Waals surface area contributed by atoms with Crippen molar-refractivity contribution >= 4 is 17.5 Å². The second-order valence-corrected chi connectivity index (χ2v) is 5.98. The van der Waals surface area contributed by atoms with Gasteiger partial charge in [-0.2, -0.15) is 5.10 Å². The molecule has 2 aliphatic heterocycles. The van der Waals surface area contributed by atoms with E-state index in [0.717, 1.165) is 42.9 Å². The van der Waals surface area contributed by atoms with Crippen molar-refractivity contribution in [2.45, 2.75) is 19.3 Å². The molecule has 2 aliphatic rings. The Morgan fingerprint density at radius 1 is 1.17 bits per heavy atom. The zero-order chi connectivity index (χ0) is 16.0. The summed E-state index contributed by atoms with van der Waals surface area (Å²) >= 11 is 0. The monoisotopic (exact) mass is 310 g/mol. The molecule has 2 aromatic rings. The van der Waals surface area contributed by atoms with Gasteiger partial charge in [-0.05, 0) is 25.0 Å². The fraction of sp³-hybridized carbons (Fsp3) is 0.353. The highest BCUT2D eigenvalue weighted by Gasteiger charge is 2.34. The van der Waals surface area contributed by atoms with Crippen LogP contribution in [0.5, 0.6) is 0 Å². The summed E-state index contributed by atoms with van der Waals surface area (Å²) in [5.74, 6) is -0.363. The molecule has 0 spiro atoms. The lowest BCUT2D eigenvalue weighted by atomic mass is 10.1. The first-order valence-electron chi connectivity index (χ1n) is 7.90. The van der Waals surface area contributed by atoms with Crippen LogP contribution in [0.2, 0.25) is 0 Å². The molecular weight excluding hydrogens is 292 g/mol. The first-order chi connectivity index (χ1) is 11.2. The van der Waals surface area contributed by atoms with Gasteiger partial charge >= 0.3 is 0 Å². The number of amides is 2. The van der Waals surface area contributed by atoms with Gasteiger partial charge in [-0.3, -0.25) is 19.2 Å². The van der Waals surface area contributed by atoms with E-state index in [0.29, 0.717) is 17.7 Å². The maximum atomic E-state index is 12.3. The number of carbonyl (C=O) groups excluding carboxylic acids is 2. The summed E-state index contributed by atoms with van der Waals surface area (Å²) in [6.07, 6.45) is 2.49. The van der Waals surface area contributed by atoms with Crippen LogP contribution in [0.4, 0.5) is 5.69 Å². The fourth-order valence-electron chi connectivity index (χ4n) is 3.44. The van der Waals surface area contributed by atoms with Crippen LogP contribution in [-0.4, -0.2) is 39.6 Å². The normalized spacial score (nSPS) is 15.8. The summed E-state index contributed by atoms with van der Waals surface area (Å²) in [5, 5.41) is 7.88. The Balaban J connectivity index is 1.45. The quantitative estimate of drug-likeness (QED) is 0.871. The van der Waals surface area contributed by atoms with Gasteiger partial charge in [-0.1, -0.05) is 12.1 Å². The summed E-state index contributed by atoms with van der Waals surface area (Å²) in [6, 6.07) is 7.01. The Morgan fingerprint density at radius 3 is 2.57 bits per heavy atom. The first-order valence-corrected chi connectivity index (χ1v) is 7.90. The van der Waals surface area contributed by atoms with Crippen molar-refractivity contribution in [3.63, 3.8) is 0 Å². The van der Waals surface area contributed by atoms with Crippen molar-refractivity contribution in [1.29, 1.82) is 0 Å². The molecule has 0 saturated carbocycles. The Kier molecular flexibility index (Phi) is 3.18. The van der Waals surface area contributed by atoms with E-state index in [-0.39, 0.29) is 11.8 Å². The predicted molar refractivity (Wildman–Crippen MR) is 85.5 cm³/mol. The molecule has 0 atom stereocenters. The molecule has 6 heteroatoms. The average molecular weight is 310 g/mol. The largest absolute Gasteiger partial charge is 0.382 e. The molecule has 0 fully saturated rings. The van der Waals surface area contributed by atoms with E-state index in [1.165, 1.54) is 4.90 Å². The molecule has 4 rings (SSSR count). The number of nitrogens with one attached hydrogen (secondary N) is 1. The van der Waals surface area contributed by atoms with Gasteiger partial charge in [-0.25, -0.2) is 0 Å². The molecule has 23 heavy (non-hydrogen) atoms. The molecule has 0 aliphatic carbocycles. The smallest absolute Gasteiger partial charge is 0.261 e. The van der Waals surface area contributed by atoms with Crippen LogP contribution in [0.3, 0.4) is 0 Å². The molecule has 2 amide bonds. The maximum Gasteiger partial charge on any atom is 0.261 e. The second-order valence-electron chi connectivity index (χ2n) is 5.98. The molecular formula is C17H18N4O2. The van der Waals surface area contributed by atoms with Crippen molar-refractivity contribution in [3.05, 3.63) is 46.8 Å². The van der Waals surface area contributed by atoms with Gasteiger partial charge < -0.3 is 5.32 Å². The summed E-state index contributed by atoms with van der Waals surface area (Å²) in [6.45, 7) is 1.37. The molecule has 0 unspecified atom stereocenters. The Labute approximate surface area is 134 Å². The van der Waals surface area contributed by atoms with E-state index in [4.69, 9.17) is 0 Å². The van der Waals surface area contributed by atoms with Crippen LogP contribution in [0.15, 0.2) is 24.3 Å². The number of imide groups is 1. The lowest BCUT2D eigenvalue weighted by Crippen LogP contribution is -2.31. The highest BCUT2D eigenvalue weighted by Crippen LogP contribution is 2.27. The highest BCUT2D eigenvalue weighted by molar-refractivity contribution is 6.21. The van der Waals surface area contributed by atoms with E-state index < -0.39 is 0 Å². The minimum Gasteiger partial charge on any atom is -0.382 e. The van der Waals surface area contributed by atoms with Crippen molar-refractivity contribution in [3.8, 4) is 0 Å². The van der Waals surface area contributed by atoms with Gasteiger partial charge in [0.1, 0.15) is 0 Å². The molecule has 1 aromatic carbocycles. The topological polar surface area (TPSA) is 67.2 Å². The minimum atomic E-state index is -0.182. The van der Waals surface area contributed by atoms with Crippen LogP contribution in [0.1, 0.15) is 38.5 Å². The average Bonchev–Trinajstić information content (AvgIpc) is 3.18. The third-order valence-corrected chi connectivity index (χ3v) is 4.58. The number of anilines is 1. The third kappa shape index (κ3) is 2.13. The number of nitrogens with zero attached hydrogens (tertiary/aromatic N) is 3. The van der Waals surface area contributed by atoms with Gasteiger partial charge in [0, 0.05) is 26.6 Å². The summed E-state index contributed by atoms with van der Waals surface area (Å²) in [7, 11) is 1.94. The molecule has 1 aromatic heterocycles. The second kappa shape index (κ2) is 5.22. The molecule has 0 radical (unpaired) electrons. The third-order valence-electron chi connectivity index (χ3n) is 4.58. The summed E-state index contributed by atoms with van der Waals surface area (Å²) < 4.78 is 1.90. The van der Waals surface area contributed by atoms with Crippen LogP contribution in [0, 0.1) is 0 Å². The van der Waals surface area contributed by atoms with Gasteiger partial charge in [0.25, 0.3) is 11.8 Å². The molecule has 0 bridgehead atoms. The number of benzene rings is 1. The number of hydrogen-bond donors (Lipinski definition) is 1. The van der Waals surface area contributed by atoms with E-state index in [9.17, 15) is 9.59 Å². The maximum absolute atomic E-state index is 12.3. The van der Waals surface area contributed by atoms with Crippen LogP contribution >= 0.6 is 0 Å². The minimum absolute atomic E-state index is 0.182. The van der Waals surface area contributed by atoms with Gasteiger partial charge in [0.05, 0.1) is 28.2 Å². The van der Waals surface area contributed by atoms with Crippen LogP contribution < -0.4 is 5.32 Å². The summed E-state index contributed by atoms with van der Waals surface area (Å²) in [5.41, 5.74) is 4.42. The van der Waals surface area contributed by atoms with Crippen molar-refractivity contribution in [2.75, 3.05) is 18.4 Å². The molecule has 0 saturated heterocycles. The molecule has 6 nitrogen and oxygen atoms in total. The fourth-order valence-corrected chi connectivity index (χ4v) is 3.44. The number of carbonyl (C=O) groups is 2. The highest BCUT2D eigenvalue weighted by atomic mass is 16.2. The van der Waals surface area contributed by atoms with Crippen molar-refractivity contribution in [2.24, 2.45) is 7.05 Å². The van der Waals surface area contributed by atoms with E-state index in [2.05, 4.69) is 10.4 Å². The first kappa shape index (κ1) is 14.0. The van der Waals surface area contributed by atoms with E-state index >= 15 is 0 Å². The van der Waals surface area contributed by atoms with Gasteiger partial charge in [0.15, 0.2) is 0 Å². The molecule has 1 N–H and O–H groups in total. The molecule has 118 valence electrons. The van der Waals surface area contributed by atoms with Crippen LogP contribution in [-0.2, 0) is 19.9 Å². The lowest BCUT2D eigenvalue weighted by Gasteiger charge is -2.14. The van der Waals surface area contributed by atoms with Gasteiger partial charge in [0.2, 0.25) is 0 Å². The van der Waals surface area contributed by atoms with Crippen LogP contribution in [0.25, 0.3) is 0 Å². The number of rotatable bonds is 4. The Morgan fingerprint density at radius 2 is 1.87 bits per heavy atom. The standard InChI is InChI=1S/C17H18N4O2/c1-20-14(15-13(19-20)8-9-18-15)7-4-10-21-16(22)11-5-2-3-6-12(11)17(21)23/h2-3,5-6,18H,4,7-10H2,1H3. The number of aryl methyl sites for hydroxylation is 1. The lowest BCUT2D eigenvalue weighted by molar-refractivity contribution is 0.0652. The van der Waals surface area contributed by atoms with E-state index in [1.807, 2.05) is 11.7 Å². The van der Waals surface area contributed by atoms with Crippen molar-refractivity contribution < 1.29 is 9.59 Å². The Bertz CT molecular complexity index is 774. The number of aromatic nitrogens is 2. The zero-order valence-corrected chi connectivity index (χ0v) is 13.0. The predicted octanol–water partition coefficient (Wildman–Crippen LogP) is 1.62. The van der Waals surface area contributed by atoms with Crippen molar-refractivity contribution in [1.82, 2.24) is 14.7 Å². The van der Waals surface area contributed by atoms with Gasteiger partial charge in [-0.15, -0.1) is 0 Å². The van der Waals surface area contributed by atoms with E-state index in [1.54, 1.807) is 24.3 Å². The zero-order valence-electron chi connectivity index (χ0n) is 13.0. The number of hydrogen-bond acceptors (Lipinski definition) is 4. The molecule has 3 heterocycles. The number of fused-ring (bicyclic) bond motifs is 2.